The fourth-order valence-corrected chi connectivity index (χ4v) is 2.53. The molecule has 2 atom stereocenters. The Labute approximate surface area is 126 Å². The highest BCUT2D eigenvalue weighted by Gasteiger charge is 2.20. The number of carbonyl (C=O) groups is 1. The van der Waals surface area contributed by atoms with Gasteiger partial charge in [-0.15, -0.1) is 0 Å². The number of nitrogens with one attached hydrogen (secondary N) is 1. The molecule has 1 aromatic rings. The van der Waals surface area contributed by atoms with Crippen LogP contribution in [0.25, 0.3) is 0 Å². The number of ether oxygens (including phenoxy) is 2. The van der Waals surface area contributed by atoms with Gasteiger partial charge in [-0.05, 0) is 63.3 Å². The van der Waals surface area contributed by atoms with Gasteiger partial charge in [0.2, 0.25) is 0 Å². The molecule has 1 heterocycles. The lowest BCUT2D eigenvalue weighted by Crippen LogP contribution is -2.40. The lowest BCUT2D eigenvalue weighted by atomic mass is 10.1. The molecule has 0 spiro atoms. The average Bonchev–Trinajstić information content (AvgIpc) is 2.94. The van der Waals surface area contributed by atoms with Gasteiger partial charge in [0.1, 0.15) is 5.75 Å². The van der Waals surface area contributed by atoms with Crippen molar-refractivity contribution < 1.29 is 14.3 Å². The van der Waals surface area contributed by atoms with E-state index in [0.29, 0.717) is 6.54 Å². The number of carbonyl (C=O) groups excluding carboxylic acids is 1. The Kier molecular flexibility index (Phi) is 5.23. The molecule has 0 unspecified atom stereocenters. The fourth-order valence-electron chi connectivity index (χ4n) is 2.53. The highest BCUT2D eigenvalue weighted by Crippen LogP contribution is 2.24. The molecule has 0 radical (unpaired) electrons. The maximum atomic E-state index is 12.1. The van der Waals surface area contributed by atoms with E-state index in [9.17, 15) is 4.79 Å². The molecule has 21 heavy (non-hydrogen) atoms. The minimum Gasteiger partial charge on any atom is -0.481 e. The molecule has 1 amide bonds. The molecule has 0 aliphatic carbocycles. The zero-order valence-corrected chi connectivity index (χ0v) is 13.4. The Morgan fingerprint density at radius 1 is 1.43 bits per heavy atom. The minimum absolute atomic E-state index is 0.0935. The summed E-state index contributed by atoms with van der Waals surface area (Å²) in [5.74, 6) is 0.691. The number of amides is 1. The molecule has 2 rings (SSSR count). The van der Waals surface area contributed by atoms with E-state index >= 15 is 0 Å². The second-order valence-electron chi connectivity index (χ2n) is 5.85. The third-order valence-electron chi connectivity index (χ3n) is 3.96. The van der Waals surface area contributed by atoms with E-state index in [1.165, 1.54) is 5.56 Å². The topological polar surface area (TPSA) is 47.6 Å². The summed E-state index contributed by atoms with van der Waals surface area (Å²) in [6.07, 6.45) is 1.75. The normalized spacial score (nSPS) is 19.3. The van der Waals surface area contributed by atoms with Crippen LogP contribution in [0.5, 0.6) is 5.75 Å². The van der Waals surface area contributed by atoms with Gasteiger partial charge >= 0.3 is 0 Å². The molecule has 4 nitrogen and oxygen atoms in total. The molecule has 1 aliphatic rings. The third kappa shape index (κ3) is 4.21. The van der Waals surface area contributed by atoms with Gasteiger partial charge in [0.15, 0.2) is 6.10 Å². The van der Waals surface area contributed by atoms with E-state index in [2.05, 4.69) is 18.3 Å². The summed E-state index contributed by atoms with van der Waals surface area (Å²) in [6.45, 7) is 9.24. The van der Waals surface area contributed by atoms with Gasteiger partial charge < -0.3 is 14.8 Å². The highest BCUT2D eigenvalue weighted by atomic mass is 16.5. The largest absolute Gasteiger partial charge is 0.481 e. The molecular formula is C17H25NO3. The molecule has 1 saturated heterocycles. The van der Waals surface area contributed by atoms with Crippen LogP contribution < -0.4 is 10.1 Å². The highest BCUT2D eigenvalue weighted by molar-refractivity contribution is 5.80. The van der Waals surface area contributed by atoms with E-state index in [1.54, 1.807) is 6.92 Å². The van der Waals surface area contributed by atoms with Gasteiger partial charge in [-0.2, -0.15) is 0 Å². The molecule has 1 aromatic carbocycles. The lowest BCUT2D eigenvalue weighted by molar-refractivity contribution is -0.127. The summed E-state index contributed by atoms with van der Waals surface area (Å²) in [5.41, 5.74) is 3.40. The van der Waals surface area contributed by atoms with Crippen LogP contribution in [0.15, 0.2) is 12.1 Å². The van der Waals surface area contributed by atoms with Crippen LogP contribution in [-0.2, 0) is 9.53 Å². The van der Waals surface area contributed by atoms with Crippen molar-refractivity contribution >= 4 is 5.91 Å². The van der Waals surface area contributed by atoms with Crippen LogP contribution in [0.4, 0.5) is 0 Å². The van der Waals surface area contributed by atoms with Crippen molar-refractivity contribution in [3.05, 3.63) is 28.8 Å². The first-order valence-electron chi connectivity index (χ1n) is 7.61. The molecule has 4 heteroatoms. The van der Waals surface area contributed by atoms with Crippen molar-refractivity contribution in [2.45, 2.75) is 52.7 Å². The zero-order valence-electron chi connectivity index (χ0n) is 13.4. The summed E-state index contributed by atoms with van der Waals surface area (Å²) in [5, 5.41) is 2.90. The van der Waals surface area contributed by atoms with Crippen molar-refractivity contribution in [3.8, 4) is 5.75 Å². The monoisotopic (exact) mass is 291 g/mol. The number of rotatable bonds is 5. The quantitative estimate of drug-likeness (QED) is 0.907. The summed E-state index contributed by atoms with van der Waals surface area (Å²) in [4.78, 5) is 12.1. The molecule has 116 valence electrons. The van der Waals surface area contributed by atoms with Gasteiger partial charge in [0.25, 0.3) is 5.91 Å². The standard InChI is InChI=1S/C17H25NO3/c1-11-8-12(2)13(3)16(9-11)21-14(4)17(19)18-10-15-6-5-7-20-15/h8-9,14-15H,5-7,10H2,1-4H3,(H,18,19)/t14-,15-/m1/s1. The maximum absolute atomic E-state index is 12.1. The predicted octanol–water partition coefficient (Wildman–Crippen LogP) is 2.67. The van der Waals surface area contributed by atoms with Crippen molar-refractivity contribution in [1.82, 2.24) is 5.32 Å². The van der Waals surface area contributed by atoms with E-state index < -0.39 is 6.10 Å². The Morgan fingerprint density at radius 2 is 2.19 bits per heavy atom. The summed E-state index contributed by atoms with van der Waals surface area (Å²) >= 11 is 0. The Balaban J connectivity index is 1.91. The molecule has 0 saturated carbocycles. The average molecular weight is 291 g/mol. The van der Waals surface area contributed by atoms with E-state index in [-0.39, 0.29) is 12.0 Å². The van der Waals surface area contributed by atoms with Crippen LogP contribution in [0, 0.1) is 20.8 Å². The molecular weight excluding hydrogens is 266 g/mol. The van der Waals surface area contributed by atoms with Crippen LogP contribution >= 0.6 is 0 Å². The SMILES string of the molecule is Cc1cc(C)c(C)c(O[C@H](C)C(=O)NC[C@H]2CCCO2)c1. The molecule has 1 N–H and O–H groups in total. The fraction of sp³-hybridized carbons (Fsp3) is 0.588. The molecule has 0 aromatic heterocycles. The van der Waals surface area contributed by atoms with E-state index in [0.717, 1.165) is 36.3 Å². The van der Waals surface area contributed by atoms with Crippen molar-refractivity contribution in [3.63, 3.8) is 0 Å². The first-order valence-corrected chi connectivity index (χ1v) is 7.61. The van der Waals surface area contributed by atoms with Crippen LogP contribution in [0.3, 0.4) is 0 Å². The molecule has 0 bridgehead atoms. The third-order valence-corrected chi connectivity index (χ3v) is 3.96. The van der Waals surface area contributed by atoms with Crippen molar-refractivity contribution in [2.75, 3.05) is 13.2 Å². The van der Waals surface area contributed by atoms with Gasteiger partial charge in [0, 0.05) is 13.2 Å². The Morgan fingerprint density at radius 3 is 2.86 bits per heavy atom. The number of hydrogen-bond donors (Lipinski definition) is 1. The maximum Gasteiger partial charge on any atom is 0.260 e. The van der Waals surface area contributed by atoms with Crippen LogP contribution in [0.1, 0.15) is 36.5 Å². The second-order valence-corrected chi connectivity index (χ2v) is 5.85. The molecule has 1 fully saturated rings. The van der Waals surface area contributed by atoms with Crippen LogP contribution in [0.2, 0.25) is 0 Å². The van der Waals surface area contributed by atoms with Gasteiger partial charge in [-0.25, -0.2) is 0 Å². The second kappa shape index (κ2) is 6.94. The summed E-state index contributed by atoms with van der Waals surface area (Å²) < 4.78 is 11.3. The van der Waals surface area contributed by atoms with Gasteiger partial charge in [-0.1, -0.05) is 6.07 Å². The number of benzene rings is 1. The van der Waals surface area contributed by atoms with Crippen molar-refractivity contribution in [1.29, 1.82) is 0 Å². The predicted molar refractivity (Wildman–Crippen MR) is 82.7 cm³/mol. The molecule has 1 aliphatic heterocycles. The van der Waals surface area contributed by atoms with E-state index in [1.807, 2.05) is 19.9 Å². The minimum atomic E-state index is -0.508. The Hall–Kier alpha value is -1.55. The summed E-state index contributed by atoms with van der Waals surface area (Å²) in [7, 11) is 0. The van der Waals surface area contributed by atoms with Gasteiger partial charge in [-0.3, -0.25) is 4.79 Å². The first kappa shape index (κ1) is 15.8. The van der Waals surface area contributed by atoms with Crippen molar-refractivity contribution in [2.24, 2.45) is 0 Å². The smallest absolute Gasteiger partial charge is 0.260 e. The Bertz CT molecular complexity index is 507. The van der Waals surface area contributed by atoms with Crippen LogP contribution in [-0.4, -0.2) is 31.3 Å². The number of hydrogen-bond acceptors (Lipinski definition) is 3. The van der Waals surface area contributed by atoms with E-state index in [4.69, 9.17) is 9.47 Å². The lowest BCUT2D eigenvalue weighted by Gasteiger charge is -2.19. The zero-order chi connectivity index (χ0) is 15.4. The number of aryl methyl sites for hydroxylation is 2. The van der Waals surface area contributed by atoms with Gasteiger partial charge in [0.05, 0.1) is 6.10 Å². The first-order chi connectivity index (χ1) is 9.97. The summed E-state index contributed by atoms with van der Waals surface area (Å²) in [6, 6.07) is 4.09.